The Kier molecular flexibility index (Phi) is 4.10. The molecule has 0 aliphatic carbocycles. The molecule has 2 amide bonds. The Labute approximate surface area is 151 Å². The largest absolute Gasteiger partial charge is 0.361 e. The average Bonchev–Trinajstić information content (AvgIpc) is 3.28. The lowest BCUT2D eigenvalue weighted by atomic mass is 10.1. The lowest BCUT2D eigenvalue weighted by Crippen LogP contribution is -2.40. The second-order valence-corrected chi connectivity index (χ2v) is 6.73. The number of nitrogens with zero attached hydrogens (tertiary/aromatic N) is 4. The van der Waals surface area contributed by atoms with Crippen molar-refractivity contribution < 1.29 is 14.1 Å². The lowest BCUT2D eigenvalue weighted by Gasteiger charge is -2.30. The van der Waals surface area contributed by atoms with Crippen molar-refractivity contribution in [2.75, 3.05) is 29.9 Å². The highest BCUT2D eigenvalue weighted by atomic mass is 16.5. The van der Waals surface area contributed by atoms with Crippen molar-refractivity contribution in [1.82, 2.24) is 15.0 Å². The number of fused-ring (bicyclic) bond motifs is 1. The number of hydrogen-bond acceptors (Lipinski definition) is 6. The van der Waals surface area contributed by atoms with Crippen molar-refractivity contribution in [1.29, 1.82) is 0 Å². The summed E-state index contributed by atoms with van der Waals surface area (Å²) in [4.78, 5) is 33.1. The van der Waals surface area contributed by atoms with Crippen molar-refractivity contribution in [3.05, 3.63) is 34.8 Å². The Bertz CT molecular complexity index is 850. The molecule has 0 unspecified atom stereocenters. The van der Waals surface area contributed by atoms with Crippen molar-refractivity contribution in [3.63, 3.8) is 0 Å². The maximum atomic E-state index is 12.7. The minimum Gasteiger partial charge on any atom is -0.361 e. The molecule has 1 fully saturated rings. The van der Waals surface area contributed by atoms with Crippen LogP contribution in [0.25, 0.3) is 0 Å². The summed E-state index contributed by atoms with van der Waals surface area (Å²) < 4.78 is 5.21. The van der Waals surface area contributed by atoms with Gasteiger partial charge in [0.05, 0.1) is 30.0 Å². The highest BCUT2D eigenvalue weighted by Gasteiger charge is 2.29. The van der Waals surface area contributed by atoms with E-state index in [1.54, 1.807) is 17.2 Å². The van der Waals surface area contributed by atoms with Gasteiger partial charge in [-0.05, 0) is 32.8 Å². The summed E-state index contributed by atoms with van der Waals surface area (Å²) in [5.74, 6) is 1.18. The van der Waals surface area contributed by atoms with Gasteiger partial charge in [-0.2, -0.15) is 0 Å². The van der Waals surface area contributed by atoms with Crippen LogP contribution in [-0.2, 0) is 11.3 Å². The molecule has 8 heteroatoms. The molecule has 4 rings (SSSR count). The second kappa shape index (κ2) is 6.44. The fraction of sp³-hybridized carbons (Fsp3) is 0.444. The summed E-state index contributed by atoms with van der Waals surface area (Å²) in [6.07, 6.45) is 3.64. The topological polar surface area (TPSA) is 91.6 Å². The van der Waals surface area contributed by atoms with E-state index in [-0.39, 0.29) is 18.4 Å². The first-order valence-corrected chi connectivity index (χ1v) is 8.80. The van der Waals surface area contributed by atoms with Crippen LogP contribution >= 0.6 is 0 Å². The number of likely N-dealkylation sites (tertiary alicyclic amines) is 1. The molecule has 136 valence electrons. The minimum atomic E-state index is -0.0786. The van der Waals surface area contributed by atoms with Gasteiger partial charge in [0.15, 0.2) is 5.82 Å². The van der Waals surface area contributed by atoms with E-state index >= 15 is 0 Å². The van der Waals surface area contributed by atoms with Crippen LogP contribution in [0.1, 0.15) is 40.2 Å². The van der Waals surface area contributed by atoms with Crippen LogP contribution in [0, 0.1) is 13.8 Å². The third kappa shape index (κ3) is 2.81. The Morgan fingerprint density at radius 3 is 2.77 bits per heavy atom. The van der Waals surface area contributed by atoms with Gasteiger partial charge in [-0.1, -0.05) is 5.16 Å². The lowest BCUT2D eigenvalue weighted by molar-refractivity contribution is -0.117. The fourth-order valence-electron chi connectivity index (χ4n) is 3.46. The van der Waals surface area contributed by atoms with Crippen LogP contribution in [0.15, 0.2) is 16.8 Å². The molecule has 1 N–H and O–H groups in total. The predicted molar refractivity (Wildman–Crippen MR) is 95.0 cm³/mol. The highest BCUT2D eigenvalue weighted by Crippen LogP contribution is 2.31. The van der Waals surface area contributed by atoms with E-state index in [2.05, 4.69) is 15.5 Å². The van der Waals surface area contributed by atoms with Gasteiger partial charge in [-0.3, -0.25) is 9.59 Å². The fourth-order valence-corrected chi connectivity index (χ4v) is 3.46. The SMILES string of the molecule is Cc1noc(C)c1CN1C(=O)CNc2ncc(C(=O)N3CCCC3)cc21. The second-order valence-electron chi connectivity index (χ2n) is 6.73. The summed E-state index contributed by atoms with van der Waals surface area (Å²) >= 11 is 0. The molecule has 26 heavy (non-hydrogen) atoms. The van der Waals surface area contributed by atoms with Crippen LogP contribution < -0.4 is 10.2 Å². The maximum Gasteiger partial charge on any atom is 0.255 e. The number of amides is 2. The standard InChI is InChI=1S/C18H21N5O3/c1-11-14(12(2)26-21-11)10-23-15-7-13(18(25)22-5-3-4-6-22)8-19-17(15)20-9-16(23)24/h7-8H,3-6,9-10H2,1-2H3,(H,19,20). The van der Waals surface area contributed by atoms with Gasteiger partial charge in [0, 0.05) is 24.8 Å². The first-order chi connectivity index (χ1) is 12.5. The van der Waals surface area contributed by atoms with E-state index in [1.807, 2.05) is 18.7 Å². The molecule has 2 aromatic rings. The molecule has 1 saturated heterocycles. The van der Waals surface area contributed by atoms with Gasteiger partial charge in [0.2, 0.25) is 5.91 Å². The summed E-state index contributed by atoms with van der Waals surface area (Å²) in [6.45, 7) is 5.74. The van der Waals surface area contributed by atoms with Gasteiger partial charge in [-0.25, -0.2) is 4.98 Å². The molecule has 2 aromatic heterocycles. The molecule has 0 radical (unpaired) electrons. The molecular formula is C18H21N5O3. The number of hydrogen-bond donors (Lipinski definition) is 1. The third-order valence-electron chi connectivity index (χ3n) is 5.00. The number of nitrogens with one attached hydrogen (secondary N) is 1. The average molecular weight is 355 g/mol. The molecule has 0 saturated carbocycles. The number of pyridine rings is 1. The van der Waals surface area contributed by atoms with Crippen LogP contribution in [0.4, 0.5) is 11.5 Å². The predicted octanol–water partition coefficient (Wildman–Crippen LogP) is 1.88. The maximum absolute atomic E-state index is 12.7. The van der Waals surface area contributed by atoms with Crippen LogP contribution in [-0.4, -0.2) is 46.5 Å². The number of aromatic nitrogens is 2. The summed E-state index contributed by atoms with van der Waals surface area (Å²) in [5, 5.41) is 6.98. The number of aryl methyl sites for hydroxylation is 2. The zero-order valence-corrected chi connectivity index (χ0v) is 14.9. The van der Waals surface area contributed by atoms with Crippen LogP contribution in [0.5, 0.6) is 0 Å². The van der Waals surface area contributed by atoms with Gasteiger partial charge in [-0.15, -0.1) is 0 Å². The van der Waals surface area contributed by atoms with Crippen molar-refractivity contribution >= 4 is 23.3 Å². The molecule has 0 bridgehead atoms. The van der Waals surface area contributed by atoms with E-state index in [4.69, 9.17) is 4.52 Å². The van der Waals surface area contributed by atoms with Gasteiger partial charge in [0.1, 0.15) is 5.76 Å². The van der Waals surface area contributed by atoms with Gasteiger partial charge >= 0.3 is 0 Å². The molecule has 0 aromatic carbocycles. The van der Waals surface area contributed by atoms with Crippen molar-refractivity contribution in [2.45, 2.75) is 33.2 Å². The molecule has 0 spiro atoms. The van der Waals surface area contributed by atoms with Gasteiger partial charge < -0.3 is 19.6 Å². The Hall–Kier alpha value is -2.90. The Morgan fingerprint density at radius 2 is 2.08 bits per heavy atom. The van der Waals surface area contributed by atoms with Crippen LogP contribution in [0.2, 0.25) is 0 Å². The quantitative estimate of drug-likeness (QED) is 0.904. The molecule has 0 atom stereocenters. The normalized spacial score (nSPS) is 16.6. The van der Waals surface area contributed by atoms with E-state index in [9.17, 15) is 9.59 Å². The number of carbonyl (C=O) groups is 2. The van der Waals surface area contributed by atoms with E-state index in [1.165, 1.54) is 0 Å². The first-order valence-electron chi connectivity index (χ1n) is 8.80. The van der Waals surface area contributed by atoms with Crippen molar-refractivity contribution in [3.8, 4) is 0 Å². The van der Waals surface area contributed by atoms with Crippen molar-refractivity contribution in [2.24, 2.45) is 0 Å². The van der Waals surface area contributed by atoms with E-state index in [0.29, 0.717) is 29.4 Å². The summed E-state index contributed by atoms with van der Waals surface area (Å²) in [7, 11) is 0. The molecule has 2 aliphatic heterocycles. The monoisotopic (exact) mass is 355 g/mol. The number of rotatable bonds is 3. The minimum absolute atomic E-state index is 0.0342. The van der Waals surface area contributed by atoms with Gasteiger partial charge in [0.25, 0.3) is 5.91 Å². The first kappa shape index (κ1) is 16.6. The summed E-state index contributed by atoms with van der Waals surface area (Å²) in [6, 6.07) is 1.76. The summed E-state index contributed by atoms with van der Waals surface area (Å²) in [5.41, 5.74) is 2.76. The highest BCUT2D eigenvalue weighted by molar-refractivity contribution is 6.04. The zero-order valence-electron chi connectivity index (χ0n) is 14.9. The smallest absolute Gasteiger partial charge is 0.255 e. The Balaban J connectivity index is 1.68. The molecular weight excluding hydrogens is 334 g/mol. The molecule has 4 heterocycles. The Morgan fingerprint density at radius 1 is 1.31 bits per heavy atom. The zero-order chi connectivity index (χ0) is 18.3. The van der Waals surface area contributed by atoms with Crippen LogP contribution in [0.3, 0.4) is 0 Å². The molecule has 2 aliphatic rings. The number of anilines is 2. The third-order valence-corrected chi connectivity index (χ3v) is 5.00. The van der Waals surface area contributed by atoms with E-state index in [0.717, 1.165) is 37.2 Å². The van der Waals surface area contributed by atoms with E-state index < -0.39 is 0 Å². The number of carbonyl (C=O) groups excluding carboxylic acids is 2. The molecule has 8 nitrogen and oxygen atoms in total.